The highest BCUT2D eigenvalue weighted by Crippen LogP contribution is 2.20. The van der Waals surface area contributed by atoms with Gasteiger partial charge < -0.3 is 9.47 Å². The van der Waals surface area contributed by atoms with Crippen LogP contribution in [0.1, 0.15) is 37.0 Å². The summed E-state index contributed by atoms with van der Waals surface area (Å²) in [6.07, 6.45) is 0.989. The molecule has 0 amide bonds. The number of halogens is 1. The molecule has 3 nitrogen and oxygen atoms in total. The lowest BCUT2D eigenvalue weighted by molar-refractivity contribution is 0.0423. The Morgan fingerprint density at radius 2 is 2.11 bits per heavy atom. The number of carbonyl (C=O) groups is 1. The first kappa shape index (κ1) is 14.6. The Labute approximate surface area is 107 Å². The number of rotatable bonds is 7. The lowest BCUT2D eigenvalue weighted by Crippen LogP contribution is -2.24. The van der Waals surface area contributed by atoms with E-state index in [1.807, 2.05) is 13.8 Å². The Bertz CT molecular complexity index is 398. The summed E-state index contributed by atoms with van der Waals surface area (Å²) in [4.78, 5) is 12.1. The van der Waals surface area contributed by atoms with E-state index in [2.05, 4.69) is 0 Å². The molecule has 0 aromatic heterocycles. The average Bonchev–Trinajstić information content (AvgIpc) is 2.37. The number of methoxy groups -OCH3 is 1. The van der Waals surface area contributed by atoms with Gasteiger partial charge in [0.15, 0.2) is 17.3 Å². The van der Waals surface area contributed by atoms with E-state index >= 15 is 0 Å². The fourth-order valence-electron chi connectivity index (χ4n) is 1.76. The van der Waals surface area contributed by atoms with Gasteiger partial charge in [0.1, 0.15) is 6.10 Å². The van der Waals surface area contributed by atoms with Gasteiger partial charge in [0.05, 0.1) is 7.11 Å². The normalized spacial score (nSPS) is 12.2. The first-order valence-electron chi connectivity index (χ1n) is 6.13. The molecule has 0 spiro atoms. The second-order valence-electron chi connectivity index (χ2n) is 3.95. The van der Waals surface area contributed by atoms with Crippen molar-refractivity contribution in [2.45, 2.75) is 32.8 Å². The third-order valence-electron chi connectivity index (χ3n) is 2.65. The largest absolute Gasteiger partial charge is 0.494 e. The van der Waals surface area contributed by atoms with Crippen LogP contribution in [0.2, 0.25) is 0 Å². The fraction of sp³-hybridized carbons (Fsp3) is 0.500. The average molecular weight is 254 g/mol. The van der Waals surface area contributed by atoms with Crippen molar-refractivity contribution in [2.24, 2.45) is 0 Å². The first-order chi connectivity index (χ1) is 8.63. The van der Waals surface area contributed by atoms with E-state index < -0.39 is 11.9 Å². The molecule has 1 atom stereocenters. The summed E-state index contributed by atoms with van der Waals surface area (Å²) in [6, 6.07) is 4.21. The molecule has 1 rings (SSSR count). The smallest absolute Gasteiger partial charge is 0.191 e. The SMILES string of the molecule is CCCC(OCC)C(=O)c1ccc(OC)c(F)c1. The second kappa shape index (κ2) is 7.11. The van der Waals surface area contributed by atoms with E-state index in [9.17, 15) is 9.18 Å². The first-order valence-corrected chi connectivity index (χ1v) is 6.13. The summed E-state index contributed by atoms with van der Waals surface area (Å²) in [6.45, 7) is 4.29. The van der Waals surface area contributed by atoms with Gasteiger partial charge in [-0.25, -0.2) is 4.39 Å². The summed E-state index contributed by atoms with van der Waals surface area (Å²) in [5.41, 5.74) is 0.320. The second-order valence-corrected chi connectivity index (χ2v) is 3.95. The van der Waals surface area contributed by atoms with Gasteiger partial charge in [-0.15, -0.1) is 0 Å². The van der Waals surface area contributed by atoms with Crippen LogP contribution in [0, 0.1) is 5.82 Å². The van der Waals surface area contributed by atoms with E-state index in [0.717, 1.165) is 6.42 Å². The van der Waals surface area contributed by atoms with Gasteiger partial charge in [0, 0.05) is 12.2 Å². The molecule has 0 saturated carbocycles. The lowest BCUT2D eigenvalue weighted by atomic mass is 10.0. The fourth-order valence-corrected chi connectivity index (χ4v) is 1.76. The van der Waals surface area contributed by atoms with Crippen LogP contribution in [-0.4, -0.2) is 25.6 Å². The molecule has 0 fully saturated rings. The number of benzene rings is 1. The van der Waals surface area contributed by atoms with Crippen LogP contribution < -0.4 is 4.74 Å². The Morgan fingerprint density at radius 3 is 2.61 bits per heavy atom. The van der Waals surface area contributed by atoms with Crippen LogP contribution in [0.15, 0.2) is 18.2 Å². The van der Waals surface area contributed by atoms with Crippen molar-refractivity contribution in [3.05, 3.63) is 29.6 Å². The summed E-state index contributed by atoms with van der Waals surface area (Å²) in [5, 5.41) is 0. The number of Topliss-reactive ketones (excluding diaryl/α,β-unsaturated/α-hetero) is 1. The molecule has 0 radical (unpaired) electrons. The van der Waals surface area contributed by atoms with Crippen LogP contribution in [-0.2, 0) is 4.74 Å². The molecular weight excluding hydrogens is 235 g/mol. The third kappa shape index (κ3) is 3.53. The number of ether oxygens (including phenoxy) is 2. The van der Waals surface area contributed by atoms with Crippen LogP contribution in [0.4, 0.5) is 4.39 Å². The predicted molar refractivity (Wildman–Crippen MR) is 67.6 cm³/mol. The van der Waals surface area contributed by atoms with Crippen LogP contribution in [0.25, 0.3) is 0 Å². The molecule has 1 aromatic rings. The third-order valence-corrected chi connectivity index (χ3v) is 2.65. The van der Waals surface area contributed by atoms with Crippen LogP contribution in [0.3, 0.4) is 0 Å². The van der Waals surface area contributed by atoms with Gasteiger partial charge in [-0.05, 0) is 31.5 Å². The zero-order chi connectivity index (χ0) is 13.5. The molecule has 0 aliphatic carbocycles. The van der Waals surface area contributed by atoms with Gasteiger partial charge in [0.2, 0.25) is 0 Å². The molecule has 18 heavy (non-hydrogen) atoms. The van der Waals surface area contributed by atoms with Crippen LogP contribution in [0.5, 0.6) is 5.75 Å². The highest BCUT2D eigenvalue weighted by atomic mass is 19.1. The van der Waals surface area contributed by atoms with Crippen molar-refractivity contribution in [3.8, 4) is 5.75 Å². The minimum atomic E-state index is -0.532. The molecule has 1 unspecified atom stereocenters. The lowest BCUT2D eigenvalue weighted by Gasteiger charge is -2.15. The summed E-state index contributed by atoms with van der Waals surface area (Å²) in [5.74, 6) is -0.578. The molecule has 0 aliphatic heterocycles. The van der Waals surface area contributed by atoms with Gasteiger partial charge in [-0.1, -0.05) is 13.3 Å². The highest BCUT2D eigenvalue weighted by Gasteiger charge is 2.20. The number of ketones is 1. The van der Waals surface area contributed by atoms with Crippen molar-refractivity contribution in [1.82, 2.24) is 0 Å². The molecule has 4 heteroatoms. The quantitative estimate of drug-likeness (QED) is 0.701. The maximum absolute atomic E-state index is 13.5. The van der Waals surface area contributed by atoms with Crippen LogP contribution >= 0.6 is 0 Å². The summed E-state index contributed by atoms with van der Waals surface area (Å²) in [7, 11) is 1.39. The van der Waals surface area contributed by atoms with Crippen molar-refractivity contribution in [3.63, 3.8) is 0 Å². The Balaban J connectivity index is 2.90. The number of carbonyl (C=O) groups excluding carboxylic acids is 1. The van der Waals surface area contributed by atoms with Gasteiger partial charge >= 0.3 is 0 Å². The zero-order valence-electron chi connectivity index (χ0n) is 11.0. The predicted octanol–water partition coefficient (Wildman–Crippen LogP) is 3.22. The Kier molecular flexibility index (Phi) is 5.78. The van der Waals surface area contributed by atoms with Crippen molar-refractivity contribution >= 4 is 5.78 Å². The number of hydrogen-bond donors (Lipinski definition) is 0. The Morgan fingerprint density at radius 1 is 1.39 bits per heavy atom. The summed E-state index contributed by atoms with van der Waals surface area (Å²) >= 11 is 0. The van der Waals surface area contributed by atoms with Crippen molar-refractivity contribution in [1.29, 1.82) is 0 Å². The maximum Gasteiger partial charge on any atom is 0.191 e. The van der Waals surface area contributed by atoms with E-state index in [1.165, 1.54) is 19.2 Å². The highest BCUT2D eigenvalue weighted by molar-refractivity contribution is 5.99. The Hall–Kier alpha value is -1.42. The molecule has 0 saturated heterocycles. The van der Waals surface area contributed by atoms with E-state index in [4.69, 9.17) is 9.47 Å². The van der Waals surface area contributed by atoms with E-state index in [1.54, 1.807) is 6.07 Å². The van der Waals surface area contributed by atoms with Crippen molar-refractivity contribution in [2.75, 3.05) is 13.7 Å². The van der Waals surface area contributed by atoms with Crippen molar-refractivity contribution < 1.29 is 18.7 Å². The minimum Gasteiger partial charge on any atom is -0.494 e. The molecule has 0 bridgehead atoms. The monoisotopic (exact) mass is 254 g/mol. The molecule has 1 aromatic carbocycles. The van der Waals surface area contributed by atoms with E-state index in [-0.39, 0.29) is 11.5 Å². The molecule has 0 N–H and O–H groups in total. The molecule has 100 valence electrons. The topological polar surface area (TPSA) is 35.5 Å². The maximum atomic E-state index is 13.5. The molecule has 0 aliphatic rings. The number of hydrogen-bond acceptors (Lipinski definition) is 3. The molecular formula is C14H19FO3. The zero-order valence-corrected chi connectivity index (χ0v) is 11.0. The minimum absolute atomic E-state index is 0.134. The van der Waals surface area contributed by atoms with Gasteiger partial charge in [-0.2, -0.15) is 0 Å². The molecule has 0 heterocycles. The summed E-state index contributed by atoms with van der Waals surface area (Å²) < 4.78 is 23.7. The van der Waals surface area contributed by atoms with Gasteiger partial charge in [-0.3, -0.25) is 4.79 Å². The standard InChI is InChI=1S/C14H19FO3/c1-4-6-13(18-5-2)14(16)10-7-8-12(17-3)11(15)9-10/h7-9,13H,4-6H2,1-3H3. The van der Waals surface area contributed by atoms with Gasteiger partial charge in [0.25, 0.3) is 0 Å². The van der Waals surface area contributed by atoms with E-state index in [0.29, 0.717) is 18.6 Å².